The average Bonchev–Trinajstić information content (AvgIpc) is 2.34. The lowest BCUT2D eigenvalue weighted by Gasteiger charge is -2.30. The predicted molar refractivity (Wildman–Crippen MR) is 46.8 cm³/mol. The molecule has 1 aliphatic rings. The van der Waals surface area contributed by atoms with Crippen molar-refractivity contribution < 1.29 is 9.53 Å². The van der Waals surface area contributed by atoms with E-state index < -0.39 is 0 Å². The molecule has 0 aliphatic carbocycles. The fourth-order valence-electron chi connectivity index (χ4n) is 1.68. The number of carbonyl (C=O) groups is 1. The number of hydrogen-bond donors (Lipinski definition) is 1. The molecule has 0 spiro atoms. The Morgan fingerprint density at radius 2 is 2.33 bits per heavy atom. The van der Waals surface area contributed by atoms with Gasteiger partial charge in [-0.25, -0.2) is 0 Å². The van der Waals surface area contributed by atoms with Crippen molar-refractivity contribution in [1.82, 2.24) is 5.32 Å². The van der Waals surface area contributed by atoms with Crippen LogP contribution in [0.4, 0.5) is 0 Å². The summed E-state index contributed by atoms with van der Waals surface area (Å²) in [6.45, 7) is 5.71. The molecule has 1 amide bonds. The molecule has 0 saturated carbocycles. The second kappa shape index (κ2) is 3.44. The lowest BCUT2D eigenvalue weighted by molar-refractivity contribution is -0.120. The monoisotopic (exact) mass is 171 g/mol. The van der Waals surface area contributed by atoms with Gasteiger partial charge in [0.05, 0.1) is 6.61 Å². The fraction of sp³-hybridized carbons (Fsp3) is 0.889. The summed E-state index contributed by atoms with van der Waals surface area (Å²) in [5.41, 5.74) is 0.0336. The lowest BCUT2D eigenvalue weighted by Crippen LogP contribution is -2.34. The number of rotatable bonds is 3. The highest BCUT2D eigenvalue weighted by Crippen LogP contribution is 2.34. The van der Waals surface area contributed by atoms with E-state index in [9.17, 15) is 4.79 Å². The number of ether oxygens (including phenoxy) is 1. The van der Waals surface area contributed by atoms with E-state index in [-0.39, 0.29) is 11.3 Å². The highest BCUT2D eigenvalue weighted by molar-refractivity contribution is 5.79. The van der Waals surface area contributed by atoms with Gasteiger partial charge in [-0.05, 0) is 5.92 Å². The number of amides is 1. The number of hydrogen-bond acceptors (Lipinski definition) is 2. The molecule has 1 saturated heterocycles. The van der Waals surface area contributed by atoms with Crippen molar-refractivity contribution in [2.45, 2.75) is 20.3 Å². The highest BCUT2D eigenvalue weighted by Gasteiger charge is 2.40. The maximum atomic E-state index is 11.1. The molecule has 0 aromatic carbocycles. The first kappa shape index (κ1) is 9.52. The van der Waals surface area contributed by atoms with Crippen molar-refractivity contribution in [1.29, 1.82) is 0 Å². The van der Waals surface area contributed by atoms with Crippen LogP contribution in [-0.4, -0.2) is 26.2 Å². The lowest BCUT2D eigenvalue weighted by atomic mass is 9.77. The smallest absolute Gasteiger partial charge is 0.220 e. The third-order valence-electron chi connectivity index (χ3n) is 2.81. The Morgan fingerprint density at radius 3 is 2.67 bits per heavy atom. The number of nitrogens with one attached hydrogen (secondary N) is 1. The van der Waals surface area contributed by atoms with Gasteiger partial charge in [0.2, 0.25) is 5.91 Å². The molecule has 1 heterocycles. The zero-order chi connectivity index (χ0) is 9.19. The first-order valence-electron chi connectivity index (χ1n) is 4.36. The third-order valence-corrected chi connectivity index (χ3v) is 2.81. The van der Waals surface area contributed by atoms with Gasteiger partial charge in [-0.1, -0.05) is 13.8 Å². The van der Waals surface area contributed by atoms with Crippen LogP contribution in [0.3, 0.4) is 0 Å². The summed E-state index contributed by atoms with van der Waals surface area (Å²) in [6.07, 6.45) is 0.610. The van der Waals surface area contributed by atoms with E-state index in [0.717, 1.165) is 6.54 Å². The molecule has 0 aromatic heterocycles. The normalized spacial score (nSPS) is 29.5. The van der Waals surface area contributed by atoms with E-state index in [1.807, 2.05) is 0 Å². The van der Waals surface area contributed by atoms with Gasteiger partial charge in [0.25, 0.3) is 0 Å². The Morgan fingerprint density at radius 1 is 1.67 bits per heavy atom. The maximum absolute atomic E-state index is 11.1. The minimum Gasteiger partial charge on any atom is -0.384 e. The van der Waals surface area contributed by atoms with Crippen molar-refractivity contribution >= 4 is 5.91 Å². The summed E-state index contributed by atoms with van der Waals surface area (Å²) in [5, 5.41) is 2.86. The van der Waals surface area contributed by atoms with Gasteiger partial charge in [-0.2, -0.15) is 0 Å². The quantitative estimate of drug-likeness (QED) is 0.682. The Bertz CT molecular complexity index is 179. The van der Waals surface area contributed by atoms with Crippen LogP contribution in [-0.2, 0) is 9.53 Å². The van der Waals surface area contributed by atoms with Gasteiger partial charge in [-0.15, -0.1) is 0 Å². The molecule has 1 aliphatic heterocycles. The Hall–Kier alpha value is -0.570. The second-order valence-corrected chi connectivity index (χ2v) is 3.90. The molecule has 1 unspecified atom stereocenters. The van der Waals surface area contributed by atoms with Crippen molar-refractivity contribution in [3.05, 3.63) is 0 Å². The van der Waals surface area contributed by atoms with Gasteiger partial charge >= 0.3 is 0 Å². The van der Waals surface area contributed by atoms with Crippen LogP contribution in [0.1, 0.15) is 20.3 Å². The molecule has 70 valence electrons. The first-order valence-corrected chi connectivity index (χ1v) is 4.36. The maximum Gasteiger partial charge on any atom is 0.220 e. The highest BCUT2D eigenvalue weighted by atomic mass is 16.5. The molecule has 1 fully saturated rings. The number of carbonyl (C=O) groups excluding carboxylic acids is 1. The van der Waals surface area contributed by atoms with E-state index >= 15 is 0 Å². The van der Waals surface area contributed by atoms with Crippen LogP contribution in [0.25, 0.3) is 0 Å². The van der Waals surface area contributed by atoms with Gasteiger partial charge in [0.1, 0.15) is 0 Å². The summed E-state index contributed by atoms with van der Waals surface area (Å²) < 4.78 is 5.15. The van der Waals surface area contributed by atoms with Crippen molar-refractivity contribution in [3.63, 3.8) is 0 Å². The van der Waals surface area contributed by atoms with E-state index in [0.29, 0.717) is 18.9 Å². The molecule has 12 heavy (non-hydrogen) atoms. The van der Waals surface area contributed by atoms with Crippen LogP contribution in [0.15, 0.2) is 0 Å². The first-order chi connectivity index (χ1) is 5.60. The fourth-order valence-corrected chi connectivity index (χ4v) is 1.68. The van der Waals surface area contributed by atoms with Gasteiger partial charge in [0, 0.05) is 25.5 Å². The van der Waals surface area contributed by atoms with Gasteiger partial charge < -0.3 is 10.1 Å². The molecule has 3 heteroatoms. The zero-order valence-electron chi connectivity index (χ0n) is 8.02. The molecule has 1 N–H and O–H groups in total. The molecule has 0 aromatic rings. The SMILES string of the molecule is COCC1(C(C)C)CNC(=O)C1. The van der Waals surface area contributed by atoms with Crippen molar-refractivity contribution in [2.75, 3.05) is 20.3 Å². The van der Waals surface area contributed by atoms with Crippen LogP contribution >= 0.6 is 0 Å². The number of methoxy groups -OCH3 is 1. The van der Waals surface area contributed by atoms with Gasteiger partial charge in [0.15, 0.2) is 0 Å². The van der Waals surface area contributed by atoms with E-state index in [1.54, 1.807) is 7.11 Å². The standard InChI is InChI=1S/C9H17NO2/c1-7(2)9(6-12-3)4-8(11)10-5-9/h7H,4-6H2,1-3H3,(H,10,11). The summed E-state index contributed by atoms with van der Waals surface area (Å²) >= 11 is 0. The summed E-state index contributed by atoms with van der Waals surface area (Å²) in [7, 11) is 1.69. The van der Waals surface area contributed by atoms with E-state index in [2.05, 4.69) is 19.2 Å². The van der Waals surface area contributed by atoms with Crippen LogP contribution in [0.2, 0.25) is 0 Å². The minimum absolute atomic E-state index is 0.0336. The molecule has 1 atom stereocenters. The van der Waals surface area contributed by atoms with Gasteiger partial charge in [-0.3, -0.25) is 4.79 Å². The largest absolute Gasteiger partial charge is 0.384 e. The van der Waals surface area contributed by atoms with E-state index in [1.165, 1.54) is 0 Å². The Labute approximate surface area is 73.5 Å². The average molecular weight is 171 g/mol. The topological polar surface area (TPSA) is 38.3 Å². The third kappa shape index (κ3) is 1.61. The molecule has 0 radical (unpaired) electrons. The zero-order valence-corrected chi connectivity index (χ0v) is 8.02. The molecule has 3 nitrogen and oxygen atoms in total. The Kier molecular flexibility index (Phi) is 2.73. The summed E-state index contributed by atoms with van der Waals surface area (Å²) in [6, 6.07) is 0. The predicted octanol–water partition coefficient (Wildman–Crippen LogP) is 0.795. The van der Waals surface area contributed by atoms with Crippen LogP contribution < -0.4 is 5.32 Å². The molecular formula is C9H17NO2. The molecular weight excluding hydrogens is 154 g/mol. The summed E-state index contributed by atoms with van der Waals surface area (Å²) in [4.78, 5) is 11.1. The van der Waals surface area contributed by atoms with Crippen molar-refractivity contribution in [2.24, 2.45) is 11.3 Å². The van der Waals surface area contributed by atoms with Crippen molar-refractivity contribution in [3.8, 4) is 0 Å². The van der Waals surface area contributed by atoms with Crippen LogP contribution in [0, 0.1) is 11.3 Å². The molecule has 0 bridgehead atoms. The van der Waals surface area contributed by atoms with E-state index in [4.69, 9.17) is 4.74 Å². The molecule has 1 rings (SSSR count). The summed E-state index contributed by atoms with van der Waals surface area (Å²) in [5.74, 6) is 0.636. The Balaban J connectivity index is 2.67. The minimum atomic E-state index is 0.0336. The second-order valence-electron chi connectivity index (χ2n) is 3.90. The van der Waals surface area contributed by atoms with Crippen LogP contribution in [0.5, 0.6) is 0 Å².